The molecule has 1 atom stereocenters. The third-order valence-electron chi connectivity index (χ3n) is 3.27. The maximum atomic E-state index is 4.14. The molecule has 0 N–H and O–H groups in total. The lowest BCUT2D eigenvalue weighted by Gasteiger charge is -2.11. The van der Waals surface area contributed by atoms with Crippen molar-refractivity contribution in [3.8, 4) is 5.69 Å². The van der Waals surface area contributed by atoms with Gasteiger partial charge >= 0.3 is 0 Å². The number of nitrogens with zero attached hydrogens (tertiary/aromatic N) is 4. The first-order chi connectivity index (χ1) is 10.3. The molecule has 1 aromatic heterocycles. The van der Waals surface area contributed by atoms with E-state index in [-0.39, 0.29) is 0 Å². The molecule has 0 amide bonds. The third-order valence-corrected chi connectivity index (χ3v) is 4.46. The van der Waals surface area contributed by atoms with Crippen LogP contribution in [0.3, 0.4) is 0 Å². The molecule has 0 radical (unpaired) electrons. The van der Waals surface area contributed by atoms with Crippen molar-refractivity contribution in [1.29, 1.82) is 0 Å². The topological polar surface area (TPSA) is 43.6 Å². The number of benzene rings is 2. The summed E-state index contributed by atoms with van der Waals surface area (Å²) in [6, 6.07) is 20.4. The molecule has 0 aliphatic heterocycles. The molecule has 21 heavy (non-hydrogen) atoms. The molecule has 0 aliphatic carbocycles. The Morgan fingerprint density at radius 2 is 1.67 bits per heavy atom. The van der Waals surface area contributed by atoms with Gasteiger partial charge in [-0.3, -0.25) is 0 Å². The molecule has 4 nitrogen and oxygen atoms in total. The monoisotopic (exact) mass is 296 g/mol. The van der Waals surface area contributed by atoms with E-state index in [4.69, 9.17) is 0 Å². The molecule has 3 aromatic rings. The van der Waals surface area contributed by atoms with Crippen LogP contribution in [0.4, 0.5) is 0 Å². The number of para-hydroxylation sites is 1. The average Bonchev–Trinajstić information content (AvgIpc) is 3.03. The van der Waals surface area contributed by atoms with Gasteiger partial charge < -0.3 is 0 Å². The molecule has 1 heterocycles. The van der Waals surface area contributed by atoms with Crippen molar-refractivity contribution < 1.29 is 0 Å². The van der Waals surface area contributed by atoms with Gasteiger partial charge in [0.2, 0.25) is 0 Å². The Morgan fingerprint density at radius 3 is 2.38 bits per heavy atom. The van der Waals surface area contributed by atoms with Crippen LogP contribution in [-0.4, -0.2) is 20.2 Å². The van der Waals surface area contributed by atoms with E-state index in [0.717, 1.165) is 17.3 Å². The van der Waals surface area contributed by atoms with Crippen LogP contribution in [0.15, 0.2) is 60.7 Å². The van der Waals surface area contributed by atoms with Gasteiger partial charge in [-0.1, -0.05) is 48.5 Å². The first-order valence-corrected chi connectivity index (χ1v) is 7.88. The van der Waals surface area contributed by atoms with Crippen LogP contribution in [-0.2, 0) is 5.75 Å². The molecule has 0 aliphatic rings. The summed E-state index contributed by atoms with van der Waals surface area (Å²) in [5.74, 6) is 1.65. The Labute approximate surface area is 128 Å². The lowest BCUT2D eigenvalue weighted by molar-refractivity contribution is 0.777. The number of aromatic nitrogens is 4. The van der Waals surface area contributed by atoms with E-state index in [0.29, 0.717) is 5.25 Å². The van der Waals surface area contributed by atoms with Crippen LogP contribution in [0.2, 0.25) is 0 Å². The Morgan fingerprint density at radius 1 is 1.00 bits per heavy atom. The first kappa shape index (κ1) is 13.8. The van der Waals surface area contributed by atoms with E-state index in [1.165, 1.54) is 5.56 Å². The maximum absolute atomic E-state index is 4.14. The summed E-state index contributed by atoms with van der Waals surface area (Å²) in [5.41, 5.74) is 2.31. The smallest absolute Gasteiger partial charge is 0.166 e. The van der Waals surface area contributed by atoms with Crippen molar-refractivity contribution in [3.05, 3.63) is 72.1 Å². The van der Waals surface area contributed by atoms with Crippen LogP contribution in [0.25, 0.3) is 5.69 Å². The molecule has 5 heteroatoms. The Balaban J connectivity index is 1.71. The minimum atomic E-state index is 0.409. The third kappa shape index (κ3) is 3.31. The first-order valence-electron chi connectivity index (χ1n) is 6.84. The SMILES string of the molecule is CC(SCc1nnnn1-c1ccccc1)c1ccccc1. The predicted octanol–water partition coefficient (Wildman–Crippen LogP) is 3.66. The molecular formula is C16H16N4S. The van der Waals surface area contributed by atoms with E-state index in [1.807, 2.05) is 48.2 Å². The van der Waals surface area contributed by atoms with Crippen LogP contribution in [0.5, 0.6) is 0 Å². The summed E-state index contributed by atoms with van der Waals surface area (Å²) >= 11 is 1.83. The lowest BCUT2D eigenvalue weighted by atomic mass is 10.2. The highest BCUT2D eigenvalue weighted by molar-refractivity contribution is 7.98. The van der Waals surface area contributed by atoms with Gasteiger partial charge in [0.15, 0.2) is 5.82 Å². The number of rotatable bonds is 5. The van der Waals surface area contributed by atoms with Crippen LogP contribution >= 0.6 is 11.8 Å². The fourth-order valence-corrected chi connectivity index (χ4v) is 3.01. The van der Waals surface area contributed by atoms with Gasteiger partial charge in [0.05, 0.1) is 11.4 Å². The van der Waals surface area contributed by atoms with Crippen molar-refractivity contribution in [3.63, 3.8) is 0 Å². The average molecular weight is 296 g/mol. The summed E-state index contributed by atoms with van der Waals surface area (Å²) < 4.78 is 1.80. The van der Waals surface area contributed by atoms with Gasteiger partial charge in [-0.25, -0.2) is 0 Å². The fourth-order valence-electron chi connectivity index (χ4n) is 2.09. The van der Waals surface area contributed by atoms with Crippen LogP contribution < -0.4 is 0 Å². The summed E-state index contributed by atoms with van der Waals surface area (Å²) in [4.78, 5) is 0. The van der Waals surface area contributed by atoms with Gasteiger partial charge in [-0.2, -0.15) is 4.68 Å². The molecule has 0 saturated carbocycles. The van der Waals surface area contributed by atoms with Crippen molar-refractivity contribution in [2.45, 2.75) is 17.9 Å². The van der Waals surface area contributed by atoms with E-state index in [9.17, 15) is 0 Å². The zero-order valence-corrected chi connectivity index (χ0v) is 12.6. The van der Waals surface area contributed by atoms with Gasteiger partial charge in [0.1, 0.15) is 0 Å². The minimum absolute atomic E-state index is 0.409. The molecule has 2 aromatic carbocycles. The molecule has 1 unspecified atom stereocenters. The number of thioether (sulfide) groups is 1. The molecule has 0 saturated heterocycles. The van der Waals surface area contributed by atoms with Crippen LogP contribution in [0, 0.1) is 0 Å². The van der Waals surface area contributed by atoms with Crippen molar-refractivity contribution in [1.82, 2.24) is 20.2 Å². The highest BCUT2D eigenvalue weighted by atomic mass is 32.2. The van der Waals surface area contributed by atoms with E-state index >= 15 is 0 Å². The number of tetrazole rings is 1. The quantitative estimate of drug-likeness (QED) is 0.720. The summed E-state index contributed by atoms with van der Waals surface area (Å²) in [6.45, 7) is 2.21. The van der Waals surface area contributed by atoms with Gasteiger partial charge in [-0.15, -0.1) is 16.9 Å². The van der Waals surface area contributed by atoms with Crippen molar-refractivity contribution in [2.24, 2.45) is 0 Å². The number of hydrogen-bond donors (Lipinski definition) is 0. The highest BCUT2D eigenvalue weighted by Crippen LogP contribution is 2.30. The van der Waals surface area contributed by atoms with E-state index in [2.05, 4.69) is 46.7 Å². The zero-order chi connectivity index (χ0) is 14.5. The largest absolute Gasteiger partial charge is 0.196 e. The lowest BCUT2D eigenvalue weighted by Crippen LogP contribution is -2.02. The number of hydrogen-bond acceptors (Lipinski definition) is 4. The highest BCUT2D eigenvalue weighted by Gasteiger charge is 2.11. The standard InChI is InChI=1S/C16H16N4S/c1-13(14-8-4-2-5-9-14)21-12-16-17-18-19-20(16)15-10-6-3-7-11-15/h2-11,13H,12H2,1H3. The van der Waals surface area contributed by atoms with Crippen molar-refractivity contribution in [2.75, 3.05) is 0 Å². The summed E-state index contributed by atoms with van der Waals surface area (Å²) in [7, 11) is 0. The minimum Gasteiger partial charge on any atom is -0.196 e. The van der Waals surface area contributed by atoms with Crippen molar-refractivity contribution >= 4 is 11.8 Å². The summed E-state index contributed by atoms with van der Waals surface area (Å²) in [5, 5.41) is 12.4. The van der Waals surface area contributed by atoms with Gasteiger partial charge in [0, 0.05) is 5.25 Å². The zero-order valence-electron chi connectivity index (χ0n) is 11.8. The van der Waals surface area contributed by atoms with Gasteiger partial charge in [-0.05, 0) is 35.0 Å². The molecule has 106 valence electrons. The predicted molar refractivity (Wildman–Crippen MR) is 85.3 cm³/mol. The normalized spacial score (nSPS) is 12.2. The molecule has 0 fully saturated rings. The molecule has 0 bridgehead atoms. The molecule has 3 rings (SSSR count). The van der Waals surface area contributed by atoms with E-state index < -0.39 is 0 Å². The second-order valence-corrected chi connectivity index (χ2v) is 6.04. The Bertz CT molecular complexity index is 682. The Hall–Kier alpha value is -2.14. The van der Waals surface area contributed by atoms with E-state index in [1.54, 1.807) is 4.68 Å². The molecule has 0 spiro atoms. The molecular weight excluding hydrogens is 280 g/mol. The maximum Gasteiger partial charge on any atom is 0.166 e. The second-order valence-electron chi connectivity index (χ2n) is 4.71. The Kier molecular flexibility index (Phi) is 4.31. The van der Waals surface area contributed by atoms with Crippen LogP contribution in [0.1, 0.15) is 23.6 Å². The summed E-state index contributed by atoms with van der Waals surface area (Å²) in [6.07, 6.45) is 0. The second kappa shape index (κ2) is 6.54. The van der Waals surface area contributed by atoms with Gasteiger partial charge in [0.25, 0.3) is 0 Å². The fraction of sp³-hybridized carbons (Fsp3) is 0.188.